The van der Waals surface area contributed by atoms with Gasteiger partial charge in [0.15, 0.2) is 0 Å². The molecule has 0 amide bonds. The third-order valence-corrected chi connectivity index (χ3v) is 1.59. The minimum Gasteiger partial charge on any atom is -0.534 e. The van der Waals surface area contributed by atoms with Gasteiger partial charge in [0.1, 0.15) is 0 Å². The summed E-state index contributed by atoms with van der Waals surface area (Å²) in [4.78, 5) is 6.29. The molecule has 14 heavy (non-hydrogen) atoms. The van der Waals surface area contributed by atoms with Crippen molar-refractivity contribution in [3.05, 3.63) is 14.0 Å². The van der Waals surface area contributed by atoms with Crippen LogP contribution in [-0.4, -0.2) is 21.8 Å². The van der Waals surface area contributed by atoms with Gasteiger partial charge in [0, 0.05) is 38.2 Å². The second-order valence-corrected chi connectivity index (χ2v) is 5.30. The third kappa shape index (κ3) is 6.83. The van der Waals surface area contributed by atoms with Crippen LogP contribution in [0.4, 0.5) is 0 Å². The van der Waals surface area contributed by atoms with Crippen molar-refractivity contribution < 1.29 is 32.7 Å². The molecule has 0 saturated carbocycles. The predicted octanol–water partition coefficient (Wildman–Crippen LogP) is 2.91. The minimum atomic E-state index is -0.0850. The summed E-state index contributed by atoms with van der Waals surface area (Å²) in [5.41, 5.74) is -0.107. The van der Waals surface area contributed by atoms with E-state index < -0.39 is 0 Å². The van der Waals surface area contributed by atoms with Crippen molar-refractivity contribution in [3.8, 4) is 0 Å². The van der Waals surface area contributed by atoms with Crippen LogP contribution in [0.1, 0.15) is 41.5 Å². The number of amidine groups is 1. The average molecular weight is 271 g/mol. The van der Waals surface area contributed by atoms with Crippen LogP contribution in [0, 0.1) is 14.0 Å². The monoisotopic (exact) mass is 271 g/mol. The molecule has 3 heteroatoms. The first-order chi connectivity index (χ1) is 5.54. The summed E-state index contributed by atoms with van der Waals surface area (Å²) < 4.78 is 0. The molecule has 0 aromatic rings. The van der Waals surface area contributed by atoms with Gasteiger partial charge in [-0.3, -0.25) is 7.05 Å². The molecule has 0 aliphatic rings. The van der Waals surface area contributed by atoms with E-state index >= 15 is 0 Å². The zero-order valence-electron chi connectivity index (χ0n) is 10.4. The van der Waals surface area contributed by atoms with Gasteiger partial charge in [0.2, 0.25) is 0 Å². The van der Waals surface area contributed by atoms with Gasteiger partial charge in [-0.1, -0.05) is 5.84 Å². The van der Waals surface area contributed by atoms with Crippen molar-refractivity contribution in [1.82, 2.24) is 4.90 Å². The second kappa shape index (κ2) is 5.51. The summed E-state index contributed by atoms with van der Waals surface area (Å²) in [7, 11) is 3.93. The van der Waals surface area contributed by atoms with Crippen LogP contribution in [-0.2, 0) is 32.7 Å². The van der Waals surface area contributed by atoms with Crippen molar-refractivity contribution in [2.75, 3.05) is 0 Å². The number of rotatable bonds is 0. The smallest absolute Gasteiger partial charge is 0.0512 e. The van der Waals surface area contributed by atoms with E-state index in [2.05, 4.69) is 60.5 Å². The van der Waals surface area contributed by atoms with E-state index in [0.29, 0.717) is 0 Å². The molecule has 0 aliphatic heterocycles. The molecular formula is C11H22N2Y-2. The molecule has 0 fully saturated rings. The van der Waals surface area contributed by atoms with Crippen molar-refractivity contribution in [1.29, 1.82) is 0 Å². The summed E-state index contributed by atoms with van der Waals surface area (Å²) in [5, 5.41) is 0. The van der Waals surface area contributed by atoms with Crippen molar-refractivity contribution in [2.24, 2.45) is 4.99 Å². The van der Waals surface area contributed by atoms with Crippen LogP contribution >= 0.6 is 0 Å². The Bertz CT molecular complexity index is 196. The number of aliphatic imine (C=N–C) groups is 1. The Hall–Kier alpha value is 0.444. The third-order valence-electron chi connectivity index (χ3n) is 1.59. The number of hydrogen-bond donors (Lipinski definition) is 0. The summed E-state index contributed by atoms with van der Waals surface area (Å²) in [6.45, 7) is 16.3. The SMILES string of the molecule is [CH2-]C(=NC(C)(C)C)N([CH2-])C(C)(C)C.[Y]. The fourth-order valence-corrected chi connectivity index (χ4v) is 0.835. The van der Waals surface area contributed by atoms with E-state index in [1.165, 1.54) is 0 Å². The maximum Gasteiger partial charge on any atom is 0.0512 e. The van der Waals surface area contributed by atoms with Crippen molar-refractivity contribution in [2.45, 2.75) is 52.6 Å². The zero-order chi connectivity index (χ0) is 10.9. The first kappa shape index (κ1) is 16.9. The molecule has 0 saturated heterocycles. The maximum absolute atomic E-state index is 4.44. The first-order valence-electron chi connectivity index (χ1n) is 4.56. The molecule has 1 radical (unpaired) electrons. The first-order valence-corrected chi connectivity index (χ1v) is 4.56. The standard InChI is InChI=1S/C11H22N2.Y/c1-9(12-10(2,3)4)13(8)11(5,6)7;/h1,8H2,2-7H3;/q-2;. The van der Waals surface area contributed by atoms with Crippen LogP contribution in [0.5, 0.6) is 0 Å². The summed E-state index contributed by atoms with van der Waals surface area (Å²) in [6, 6.07) is 0. The molecule has 0 N–H and O–H groups in total. The Kier molecular flexibility index (Phi) is 6.63. The Morgan fingerprint density at radius 2 is 1.43 bits per heavy atom. The topological polar surface area (TPSA) is 15.6 Å². The van der Waals surface area contributed by atoms with E-state index in [1.807, 2.05) is 4.90 Å². The molecular weight excluding hydrogens is 249 g/mol. The quantitative estimate of drug-likeness (QED) is 0.376. The zero-order valence-corrected chi connectivity index (χ0v) is 13.2. The van der Waals surface area contributed by atoms with Gasteiger partial charge in [-0.05, 0) is 41.5 Å². The van der Waals surface area contributed by atoms with Gasteiger partial charge >= 0.3 is 0 Å². The predicted molar refractivity (Wildman–Crippen MR) is 59.5 cm³/mol. The van der Waals surface area contributed by atoms with E-state index in [1.54, 1.807) is 0 Å². The summed E-state index contributed by atoms with van der Waals surface area (Å²) >= 11 is 0. The maximum atomic E-state index is 4.44. The minimum absolute atomic E-state index is 0. The van der Waals surface area contributed by atoms with Crippen LogP contribution in [0.3, 0.4) is 0 Å². The van der Waals surface area contributed by atoms with Crippen molar-refractivity contribution in [3.63, 3.8) is 0 Å². The van der Waals surface area contributed by atoms with Crippen LogP contribution < -0.4 is 0 Å². The van der Waals surface area contributed by atoms with Gasteiger partial charge in [0.05, 0.1) is 5.54 Å². The molecule has 2 nitrogen and oxygen atoms in total. The van der Waals surface area contributed by atoms with Gasteiger partial charge in [-0.15, -0.1) is 0 Å². The largest absolute Gasteiger partial charge is 0.534 e. The normalized spacial score (nSPS) is 13.5. The molecule has 81 valence electrons. The Morgan fingerprint density at radius 3 is 1.64 bits per heavy atom. The Morgan fingerprint density at radius 1 is 1.07 bits per heavy atom. The van der Waals surface area contributed by atoms with Gasteiger partial charge in [-0.25, -0.2) is 0 Å². The Labute approximate surface area is 114 Å². The van der Waals surface area contributed by atoms with E-state index in [9.17, 15) is 0 Å². The van der Waals surface area contributed by atoms with Gasteiger partial charge in [-0.2, -0.15) is 0 Å². The molecule has 0 aromatic heterocycles. The summed E-state index contributed by atoms with van der Waals surface area (Å²) in [6.07, 6.45) is 0. The Balaban J connectivity index is 0. The fraction of sp³-hybridized carbons (Fsp3) is 0.727. The van der Waals surface area contributed by atoms with E-state index in [4.69, 9.17) is 0 Å². The molecule has 0 spiro atoms. The van der Waals surface area contributed by atoms with E-state index in [-0.39, 0.29) is 43.8 Å². The number of hydrogen-bond acceptors (Lipinski definition) is 1. The molecule has 0 aromatic carbocycles. The average Bonchev–Trinajstić information content (AvgIpc) is 1.79. The molecule has 0 unspecified atom stereocenters. The van der Waals surface area contributed by atoms with Crippen molar-refractivity contribution >= 4 is 5.84 Å². The molecule has 0 aliphatic carbocycles. The van der Waals surface area contributed by atoms with E-state index in [0.717, 1.165) is 5.84 Å². The van der Waals surface area contributed by atoms with Gasteiger partial charge < -0.3 is 16.8 Å². The molecule has 0 atom stereocenters. The van der Waals surface area contributed by atoms with Crippen LogP contribution in [0.25, 0.3) is 0 Å². The van der Waals surface area contributed by atoms with Gasteiger partial charge in [0.25, 0.3) is 0 Å². The second-order valence-electron chi connectivity index (χ2n) is 5.30. The molecule has 0 rings (SSSR count). The van der Waals surface area contributed by atoms with Crippen LogP contribution in [0.2, 0.25) is 0 Å². The number of nitrogens with zero attached hydrogens (tertiary/aromatic N) is 2. The molecule has 0 heterocycles. The molecule has 0 bridgehead atoms. The van der Waals surface area contributed by atoms with Crippen LogP contribution in [0.15, 0.2) is 4.99 Å². The fourth-order valence-electron chi connectivity index (χ4n) is 0.835. The summed E-state index contributed by atoms with van der Waals surface area (Å²) in [5.74, 6) is 0.736.